The number of carbonyl (C=O) groups excluding carboxylic acids is 2. The minimum absolute atomic E-state index is 0.00322. The minimum atomic E-state index is -0.794. The topological polar surface area (TPSA) is 78.8 Å². The van der Waals surface area contributed by atoms with Gasteiger partial charge in [0.15, 0.2) is 5.79 Å². The largest absolute Gasteiger partial charge is 0.460 e. The lowest BCUT2D eigenvalue weighted by Gasteiger charge is -2.40. The van der Waals surface area contributed by atoms with Gasteiger partial charge in [-0.05, 0) is 75.6 Å². The molecule has 1 aliphatic rings. The standard InChI is InChI=1S/C25H36N2O5S/c1-24(2,3)32-23(29)15-20-14-19(30-25(4,5)31-20)8-10-26-22(28)16-21(18-9-13-33-17-18)27-11-6-7-12-27/h6-7,9,11-13,17,19-21H,8,10,14-16H2,1-5H3,(H,26,28). The SMILES string of the molecule is CC(C)(C)OC(=O)CC1CC(CCNC(=O)CC(c2ccsc2)n2cccc2)OC(C)(C)O1. The first-order valence-electron chi connectivity index (χ1n) is 11.5. The number of rotatable bonds is 9. The minimum Gasteiger partial charge on any atom is -0.460 e. The number of aromatic nitrogens is 1. The summed E-state index contributed by atoms with van der Waals surface area (Å²) in [6, 6.07) is 5.97. The fourth-order valence-corrected chi connectivity index (χ4v) is 4.83. The van der Waals surface area contributed by atoms with Crippen LogP contribution in [0, 0.1) is 0 Å². The van der Waals surface area contributed by atoms with Gasteiger partial charge in [0, 0.05) is 25.4 Å². The van der Waals surface area contributed by atoms with E-state index in [0.717, 1.165) is 5.56 Å². The van der Waals surface area contributed by atoms with E-state index in [0.29, 0.717) is 25.8 Å². The number of nitrogens with one attached hydrogen (secondary N) is 1. The molecule has 1 amide bonds. The van der Waals surface area contributed by atoms with E-state index in [2.05, 4.69) is 21.3 Å². The first-order valence-corrected chi connectivity index (χ1v) is 12.4. The molecule has 8 heteroatoms. The number of esters is 1. The number of nitrogens with zero attached hydrogens (tertiary/aromatic N) is 1. The molecule has 0 saturated carbocycles. The molecule has 2 aromatic heterocycles. The Morgan fingerprint density at radius 3 is 2.58 bits per heavy atom. The third-order valence-electron chi connectivity index (χ3n) is 5.32. The highest BCUT2D eigenvalue weighted by Gasteiger charge is 2.37. The highest BCUT2D eigenvalue weighted by molar-refractivity contribution is 7.08. The van der Waals surface area contributed by atoms with Crippen molar-refractivity contribution in [2.45, 2.75) is 89.9 Å². The van der Waals surface area contributed by atoms with Crippen molar-refractivity contribution in [1.82, 2.24) is 9.88 Å². The molecule has 3 rings (SSSR count). The average molecular weight is 477 g/mol. The predicted octanol–water partition coefficient (Wildman–Crippen LogP) is 4.68. The highest BCUT2D eigenvalue weighted by atomic mass is 32.1. The third-order valence-corrected chi connectivity index (χ3v) is 6.03. The first kappa shape index (κ1) is 25.5. The quantitative estimate of drug-likeness (QED) is 0.532. The molecule has 0 aliphatic carbocycles. The molecule has 3 heterocycles. The van der Waals surface area contributed by atoms with Gasteiger partial charge in [-0.15, -0.1) is 0 Å². The van der Waals surface area contributed by atoms with Gasteiger partial charge in [0.25, 0.3) is 0 Å². The van der Waals surface area contributed by atoms with Crippen LogP contribution < -0.4 is 5.32 Å². The molecule has 1 N–H and O–H groups in total. The Hall–Kier alpha value is -2.16. The number of carbonyl (C=O) groups is 2. The molecule has 3 unspecified atom stereocenters. The van der Waals surface area contributed by atoms with Crippen molar-refractivity contribution in [1.29, 1.82) is 0 Å². The summed E-state index contributed by atoms with van der Waals surface area (Å²) in [7, 11) is 0. The lowest BCUT2D eigenvalue weighted by Crippen LogP contribution is -2.46. The van der Waals surface area contributed by atoms with Gasteiger partial charge in [0.05, 0.1) is 31.1 Å². The summed E-state index contributed by atoms with van der Waals surface area (Å²) < 4.78 is 19.5. The summed E-state index contributed by atoms with van der Waals surface area (Å²) >= 11 is 1.63. The molecule has 3 atom stereocenters. The van der Waals surface area contributed by atoms with Crippen molar-refractivity contribution >= 4 is 23.2 Å². The van der Waals surface area contributed by atoms with E-state index in [1.54, 1.807) is 11.3 Å². The highest BCUT2D eigenvalue weighted by Crippen LogP contribution is 2.30. The lowest BCUT2D eigenvalue weighted by molar-refractivity contribution is -0.300. The summed E-state index contributed by atoms with van der Waals surface area (Å²) in [6.07, 6.45) is 5.37. The van der Waals surface area contributed by atoms with E-state index in [9.17, 15) is 9.59 Å². The molecule has 0 aromatic carbocycles. The van der Waals surface area contributed by atoms with Gasteiger partial charge < -0.3 is 24.1 Å². The Morgan fingerprint density at radius 1 is 1.24 bits per heavy atom. The molecule has 2 aromatic rings. The molecule has 7 nitrogen and oxygen atoms in total. The van der Waals surface area contributed by atoms with Crippen molar-refractivity contribution < 1.29 is 23.8 Å². The van der Waals surface area contributed by atoms with E-state index in [-0.39, 0.29) is 36.5 Å². The average Bonchev–Trinajstić information content (AvgIpc) is 3.37. The molecule has 33 heavy (non-hydrogen) atoms. The van der Waals surface area contributed by atoms with Crippen LogP contribution in [0.15, 0.2) is 41.4 Å². The zero-order valence-electron chi connectivity index (χ0n) is 20.2. The van der Waals surface area contributed by atoms with Crippen LogP contribution in [0.3, 0.4) is 0 Å². The van der Waals surface area contributed by atoms with Crippen LogP contribution in [0.2, 0.25) is 0 Å². The summed E-state index contributed by atoms with van der Waals surface area (Å²) in [6.45, 7) is 9.75. The maximum Gasteiger partial charge on any atom is 0.308 e. The van der Waals surface area contributed by atoms with Gasteiger partial charge in [0.1, 0.15) is 5.60 Å². The number of thiophene rings is 1. The maximum atomic E-state index is 12.7. The second-order valence-corrected chi connectivity index (χ2v) is 10.7. The molecule has 182 valence electrons. The molecule has 1 saturated heterocycles. The van der Waals surface area contributed by atoms with Crippen molar-refractivity contribution in [3.63, 3.8) is 0 Å². The van der Waals surface area contributed by atoms with Crippen LogP contribution in [-0.4, -0.2) is 46.6 Å². The smallest absolute Gasteiger partial charge is 0.308 e. The van der Waals surface area contributed by atoms with E-state index < -0.39 is 11.4 Å². The van der Waals surface area contributed by atoms with Crippen molar-refractivity contribution in [2.24, 2.45) is 0 Å². The number of hydrogen-bond donors (Lipinski definition) is 1. The predicted molar refractivity (Wildman–Crippen MR) is 128 cm³/mol. The Kier molecular flexibility index (Phi) is 8.37. The zero-order valence-corrected chi connectivity index (χ0v) is 21.0. The fourth-order valence-electron chi connectivity index (χ4n) is 4.13. The first-order chi connectivity index (χ1) is 15.5. The fraction of sp³-hybridized carbons (Fsp3) is 0.600. The molecule has 1 aliphatic heterocycles. The summed E-state index contributed by atoms with van der Waals surface area (Å²) in [5.74, 6) is -1.07. The van der Waals surface area contributed by atoms with Crippen LogP contribution in [0.5, 0.6) is 0 Å². The van der Waals surface area contributed by atoms with E-state index in [4.69, 9.17) is 14.2 Å². The maximum absolute atomic E-state index is 12.7. The van der Waals surface area contributed by atoms with E-state index in [1.807, 2.05) is 64.5 Å². The van der Waals surface area contributed by atoms with Crippen LogP contribution in [-0.2, 0) is 23.8 Å². The Labute approximate surface area is 200 Å². The van der Waals surface area contributed by atoms with Crippen LogP contribution in [0.1, 0.15) is 71.9 Å². The molecule has 1 fully saturated rings. The van der Waals surface area contributed by atoms with Gasteiger partial charge in [0.2, 0.25) is 5.91 Å². The van der Waals surface area contributed by atoms with Gasteiger partial charge >= 0.3 is 5.97 Å². The van der Waals surface area contributed by atoms with Gasteiger partial charge in [-0.1, -0.05) is 0 Å². The van der Waals surface area contributed by atoms with E-state index >= 15 is 0 Å². The molecular weight excluding hydrogens is 440 g/mol. The second kappa shape index (κ2) is 10.8. The normalized spacial score (nSPS) is 21.4. The molecule has 0 bridgehead atoms. The van der Waals surface area contributed by atoms with Gasteiger partial charge in [-0.3, -0.25) is 9.59 Å². The van der Waals surface area contributed by atoms with Gasteiger partial charge in [-0.2, -0.15) is 11.3 Å². The lowest BCUT2D eigenvalue weighted by atomic mass is 10.0. The molecule has 0 spiro atoms. The second-order valence-electron chi connectivity index (χ2n) is 9.95. The Balaban J connectivity index is 1.49. The van der Waals surface area contributed by atoms with Crippen molar-refractivity contribution in [3.05, 3.63) is 46.9 Å². The Morgan fingerprint density at radius 2 is 1.94 bits per heavy atom. The van der Waals surface area contributed by atoms with Crippen molar-refractivity contribution in [3.8, 4) is 0 Å². The van der Waals surface area contributed by atoms with Crippen LogP contribution >= 0.6 is 11.3 Å². The molecular formula is C25H36N2O5S. The van der Waals surface area contributed by atoms with Crippen molar-refractivity contribution in [2.75, 3.05) is 6.54 Å². The third kappa shape index (κ3) is 8.28. The number of ether oxygens (including phenoxy) is 3. The molecule has 0 radical (unpaired) electrons. The zero-order chi connectivity index (χ0) is 24.1. The number of hydrogen-bond acceptors (Lipinski definition) is 6. The van der Waals surface area contributed by atoms with Gasteiger partial charge in [-0.25, -0.2) is 0 Å². The Bertz CT molecular complexity index is 852. The van der Waals surface area contributed by atoms with Crippen LogP contribution in [0.25, 0.3) is 0 Å². The monoisotopic (exact) mass is 476 g/mol. The summed E-state index contributed by atoms with van der Waals surface area (Å²) in [5, 5.41) is 7.15. The number of amides is 1. The van der Waals surface area contributed by atoms with Crippen LogP contribution in [0.4, 0.5) is 0 Å². The summed E-state index contributed by atoms with van der Waals surface area (Å²) in [4.78, 5) is 25.0. The van der Waals surface area contributed by atoms with E-state index in [1.165, 1.54) is 0 Å². The summed E-state index contributed by atoms with van der Waals surface area (Å²) in [5.41, 5.74) is 0.606.